The predicted octanol–water partition coefficient (Wildman–Crippen LogP) is 2.52. The minimum Gasteiger partial charge on any atom is -0.336 e. The third kappa shape index (κ3) is 2.98. The summed E-state index contributed by atoms with van der Waals surface area (Å²) in [5.74, 6) is 0.117. The van der Waals surface area contributed by atoms with Crippen molar-refractivity contribution >= 4 is 16.9 Å². The summed E-state index contributed by atoms with van der Waals surface area (Å²) in [5.41, 5.74) is 2.88. The monoisotopic (exact) mass is 314 g/mol. The van der Waals surface area contributed by atoms with Gasteiger partial charge < -0.3 is 9.47 Å². The number of imidazole rings is 1. The number of carbonyl (C=O) groups is 1. The Bertz CT molecular complexity index is 711. The highest BCUT2D eigenvalue weighted by molar-refractivity contribution is 5.97. The van der Waals surface area contributed by atoms with Crippen LogP contribution in [0.25, 0.3) is 11.0 Å². The van der Waals surface area contributed by atoms with Crippen molar-refractivity contribution in [3.63, 3.8) is 0 Å². The molecule has 1 saturated heterocycles. The second-order valence-corrected chi connectivity index (χ2v) is 7.00. The van der Waals surface area contributed by atoms with Gasteiger partial charge in [-0.25, -0.2) is 4.98 Å². The molecule has 1 aliphatic heterocycles. The number of hydrogen-bond acceptors (Lipinski definition) is 3. The van der Waals surface area contributed by atoms with E-state index in [9.17, 15) is 4.79 Å². The summed E-state index contributed by atoms with van der Waals surface area (Å²) >= 11 is 0. The molecule has 1 aromatic heterocycles. The van der Waals surface area contributed by atoms with Gasteiger partial charge >= 0.3 is 0 Å². The average molecular weight is 314 g/mol. The second-order valence-electron chi connectivity index (χ2n) is 7.00. The Morgan fingerprint density at radius 1 is 1.22 bits per heavy atom. The molecule has 124 valence electrons. The first-order valence-corrected chi connectivity index (χ1v) is 8.38. The first kappa shape index (κ1) is 16.0. The highest BCUT2D eigenvalue weighted by Crippen LogP contribution is 2.21. The molecule has 0 aliphatic carbocycles. The zero-order chi connectivity index (χ0) is 16.6. The minimum atomic E-state index is 0.117. The van der Waals surface area contributed by atoms with E-state index in [1.807, 2.05) is 34.7 Å². The topological polar surface area (TPSA) is 41.4 Å². The fourth-order valence-corrected chi connectivity index (χ4v) is 3.19. The van der Waals surface area contributed by atoms with Crippen molar-refractivity contribution in [2.75, 3.05) is 26.2 Å². The number of carbonyl (C=O) groups excluding carboxylic acids is 1. The van der Waals surface area contributed by atoms with Crippen molar-refractivity contribution in [2.45, 2.75) is 32.7 Å². The molecule has 0 unspecified atom stereocenters. The van der Waals surface area contributed by atoms with Crippen LogP contribution in [0.5, 0.6) is 0 Å². The summed E-state index contributed by atoms with van der Waals surface area (Å²) < 4.78 is 1.97. The smallest absolute Gasteiger partial charge is 0.254 e. The van der Waals surface area contributed by atoms with Crippen LogP contribution >= 0.6 is 0 Å². The first-order valence-electron chi connectivity index (χ1n) is 8.38. The molecule has 1 aromatic carbocycles. The Balaban J connectivity index is 1.71. The number of nitrogens with zero attached hydrogens (tertiary/aromatic N) is 4. The molecule has 0 saturated carbocycles. The third-order valence-electron chi connectivity index (χ3n) is 5.26. The lowest BCUT2D eigenvalue weighted by Gasteiger charge is -2.43. The summed E-state index contributed by atoms with van der Waals surface area (Å²) in [6.07, 6.45) is 2.90. The summed E-state index contributed by atoms with van der Waals surface area (Å²) in [6.45, 7) is 10.3. The van der Waals surface area contributed by atoms with Crippen molar-refractivity contribution in [1.82, 2.24) is 19.4 Å². The minimum absolute atomic E-state index is 0.117. The Kier molecular flexibility index (Phi) is 4.15. The van der Waals surface area contributed by atoms with Crippen molar-refractivity contribution in [3.8, 4) is 0 Å². The van der Waals surface area contributed by atoms with E-state index in [2.05, 4.69) is 30.7 Å². The number of rotatable bonds is 3. The molecule has 0 spiro atoms. The van der Waals surface area contributed by atoms with E-state index in [4.69, 9.17) is 0 Å². The molecular formula is C18H26N4O. The molecule has 1 amide bonds. The van der Waals surface area contributed by atoms with Gasteiger partial charge in [-0.1, -0.05) is 6.92 Å². The molecule has 0 atom stereocenters. The highest BCUT2D eigenvalue weighted by atomic mass is 16.2. The van der Waals surface area contributed by atoms with Crippen LogP contribution in [-0.2, 0) is 7.05 Å². The second kappa shape index (κ2) is 5.96. The lowest BCUT2D eigenvalue weighted by molar-refractivity contribution is 0.0390. The van der Waals surface area contributed by atoms with Gasteiger partial charge in [0.1, 0.15) is 0 Å². The van der Waals surface area contributed by atoms with Gasteiger partial charge in [-0.15, -0.1) is 0 Å². The van der Waals surface area contributed by atoms with Gasteiger partial charge in [-0.3, -0.25) is 9.69 Å². The molecule has 1 aliphatic rings. The van der Waals surface area contributed by atoms with Gasteiger partial charge in [-0.05, 0) is 38.5 Å². The van der Waals surface area contributed by atoms with Gasteiger partial charge in [0.15, 0.2) is 0 Å². The molecular weight excluding hydrogens is 288 g/mol. The van der Waals surface area contributed by atoms with Gasteiger partial charge in [0, 0.05) is 44.3 Å². The molecule has 0 N–H and O–H groups in total. The molecule has 23 heavy (non-hydrogen) atoms. The normalized spacial score (nSPS) is 17.0. The number of benzene rings is 1. The predicted molar refractivity (Wildman–Crippen MR) is 92.6 cm³/mol. The molecule has 2 heterocycles. The van der Waals surface area contributed by atoms with Crippen molar-refractivity contribution in [2.24, 2.45) is 7.05 Å². The summed E-state index contributed by atoms with van der Waals surface area (Å²) in [5, 5.41) is 0. The largest absolute Gasteiger partial charge is 0.336 e. The van der Waals surface area contributed by atoms with Crippen LogP contribution in [0.4, 0.5) is 0 Å². The molecule has 3 rings (SSSR count). The SMILES string of the molecule is CCC(C)(C)N1CCN(C(=O)c2ccc3c(c2)ncn3C)CC1. The van der Waals surface area contributed by atoms with E-state index < -0.39 is 0 Å². The van der Waals surface area contributed by atoms with Crippen LogP contribution < -0.4 is 0 Å². The number of aryl methyl sites for hydroxylation is 1. The maximum absolute atomic E-state index is 12.7. The molecule has 5 heteroatoms. The van der Waals surface area contributed by atoms with Crippen LogP contribution in [0.1, 0.15) is 37.6 Å². The van der Waals surface area contributed by atoms with Crippen LogP contribution in [0.3, 0.4) is 0 Å². The van der Waals surface area contributed by atoms with Crippen molar-refractivity contribution < 1.29 is 4.79 Å². The van der Waals surface area contributed by atoms with E-state index >= 15 is 0 Å². The average Bonchev–Trinajstić information content (AvgIpc) is 2.95. The van der Waals surface area contributed by atoms with Crippen LogP contribution in [0.15, 0.2) is 24.5 Å². The van der Waals surface area contributed by atoms with Crippen LogP contribution in [0.2, 0.25) is 0 Å². The number of piperazine rings is 1. The molecule has 0 radical (unpaired) electrons. The van der Waals surface area contributed by atoms with E-state index in [-0.39, 0.29) is 11.4 Å². The maximum atomic E-state index is 12.7. The van der Waals surface area contributed by atoms with Crippen LogP contribution in [0, 0.1) is 0 Å². The standard InChI is InChI=1S/C18H26N4O/c1-5-18(2,3)22-10-8-21(9-11-22)17(23)14-6-7-16-15(12-14)19-13-20(16)4/h6-7,12-13H,5,8-11H2,1-4H3. The molecule has 1 fully saturated rings. The van der Waals surface area contributed by atoms with E-state index in [0.717, 1.165) is 49.2 Å². The number of aromatic nitrogens is 2. The molecule has 2 aromatic rings. The lowest BCUT2D eigenvalue weighted by atomic mass is 9.98. The Labute approximate surface area is 137 Å². The van der Waals surface area contributed by atoms with Gasteiger partial charge in [0.2, 0.25) is 0 Å². The number of amides is 1. The summed E-state index contributed by atoms with van der Waals surface area (Å²) in [4.78, 5) is 21.5. The Morgan fingerprint density at radius 3 is 2.57 bits per heavy atom. The first-order chi connectivity index (χ1) is 10.9. The van der Waals surface area contributed by atoms with E-state index in [0.29, 0.717) is 0 Å². The number of fused-ring (bicyclic) bond motifs is 1. The van der Waals surface area contributed by atoms with E-state index in [1.54, 1.807) is 6.33 Å². The van der Waals surface area contributed by atoms with Gasteiger partial charge in [-0.2, -0.15) is 0 Å². The van der Waals surface area contributed by atoms with Crippen molar-refractivity contribution in [1.29, 1.82) is 0 Å². The third-order valence-corrected chi connectivity index (χ3v) is 5.26. The Morgan fingerprint density at radius 2 is 1.91 bits per heavy atom. The highest BCUT2D eigenvalue weighted by Gasteiger charge is 2.30. The summed E-state index contributed by atoms with van der Waals surface area (Å²) in [7, 11) is 1.96. The Hall–Kier alpha value is -1.88. The fraction of sp³-hybridized carbons (Fsp3) is 0.556. The lowest BCUT2D eigenvalue weighted by Crippen LogP contribution is -2.55. The zero-order valence-electron chi connectivity index (χ0n) is 14.5. The van der Waals surface area contributed by atoms with Gasteiger partial charge in [0.05, 0.1) is 17.4 Å². The molecule has 0 bridgehead atoms. The van der Waals surface area contributed by atoms with Gasteiger partial charge in [0.25, 0.3) is 5.91 Å². The van der Waals surface area contributed by atoms with Crippen LogP contribution in [-0.4, -0.2) is 57.0 Å². The zero-order valence-corrected chi connectivity index (χ0v) is 14.5. The summed E-state index contributed by atoms with van der Waals surface area (Å²) in [6, 6.07) is 5.79. The van der Waals surface area contributed by atoms with E-state index in [1.165, 1.54) is 0 Å². The number of hydrogen-bond donors (Lipinski definition) is 0. The quantitative estimate of drug-likeness (QED) is 0.874. The van der Waals surface area contributed by atoms with Crippen molar-refractivity contribution in [3.05, 3.63) is 30.1 Å². The molecule has 5 nitrogen and oxygen atoms in total. The maximum Gasteiger partial charge on any atom is 0.254 e. The fourth-order valence-electron chi connectivity index (χ4n) is 3.19.